The number of carboxylic acids is 1. The van der Waals surface area contributed by atoms with Gasteiger partial charge in [-0.1, -0.05) is 19.1 Å². The van der Waals surface area contributed by atoms with Gasteiger partial charge in [-0.2, -0.15) is 0 Å². The molecule has 5 fully saturated rings. The molecule has 2 aliphatic heterocycles. The normalized spacial score (nSPS) is 65.3. The lowest BCUT2D eigenvalue weighted by Crippen LogP contribution is -2.47. The predicted molar refractivity (Wildman–Crippen MR) is 79.9 cm³/mol. The molecule has 4 aliphatic carbocycles. The van der Waals surface area contributed by atoms with Crippen molar-refractivity contribution in [1.82, 2.24) is 0 Å². The number of carbonyl (C=O) groups is 1. The van der Waals surface area contributed by atoms with Gasteiger partial charge < -0.3 is 9.84 Å². The highest BCUT2D eigenvalue weighted by atomic mass is 16.5. The van der Waals surface area contributed by atoms with E-state index in [1.807, 2.05) is 0 Å². The fourth-order valence-corrected chi connectivity index (χ4v) is 8.28. The van der Waals surface area contributed by atoms with Crippen molar-refractivity contribution in [3.05, 3.63) is 12.2 Å². The van der Waals surface area contributed by atoms with Crippen LogP contribution < -0.4 is 0 Å². The van der Waals surface area contributed by atoms with Gasteiger partial charge in [0.25, 0.3) is 0 Å². The Morgan fingerprint density at radius 1 is 1.05 bits per heavy atom. The van der Waals surface area contributed by atoms with Crippen LogP contribution in [0.4, 0.5) is 0 Å². The summed E-state index contributed by atoms with van der Waals surface area (Å²) in [5.74, 6) is 6.29. The van der Waals surface area contributed by atoms with Gasteiger partial charge in [0.15, 0.2) is 0 Å². The van der Waals surface area contributed by atoms with Crippen molar-refractivity contribution in [3.8, 4) is 0 Å². The monoisotopic (exact) mass is 300 g/mol. The van der Waals surface area contributed by atoms with Gasteiger partial charge in [-0.05, 0) is 72.0 Å². The average molecular weight is 300 g/mol. The fourth-order valence-electron chi connectivity index (χ4n) is 8.28. The molecule has 0 aromatic carbocycles. The minimum atomic E-state index is -0.606. The van der Waals surface area contributed by atoms with Crippen LogP contribution in [0.2, 0.25) is 0 Å². The number of aliphatic carboxylic acids is 1. The minimum Gasteiger partial charge on any atom is -0.481 e. The summed E-state index contributed by atoms with van der Waals surface area (Å²) in [5.41, 5.74) is 0. The summed E-state index contributed by atoms with van der Waals surface area (Å²) in [7, 11) is 0. The number of hydrogen-bond donors (Lipinski definition) is 1. The summed E-state index contributed by atoms with van der Waals surface area (Å²) in [5, 5.41) is 9.29. The van der Waals surface area contributed by atoms with Crippen LogP contribution >= 0.6 is 0 Å². The molecule has 12 atom stereocenters. The first-order chi connectivity index (χ1) is 10.6. The molecule has 0 aromatic rings. The van der Waals surface area contributed by atoms with Crippen LogP contribution in [0, 0.1) is 59.2 Å². The molecule has 3 saturated carbocycles. The quantitative estimate of drug-likeness (QED) is 0.798. The lowest BCUT2D eigenvalue weighted by Gasteiger charge is -2.45. The zero-order valence-corrected chi connectivity index (χ0v) is 13.0. The van der Waals surface area contributed by atoms with Gasteiger partial charge in [0.1, 0.15) is 0 Å². The van der Waals surface area contributed by atoms with Gasteiger partial charge >= 0.3 is 5.97 Å². The van der Waals surface area contributed by atoms with Crippen molar-refractivity contribution < 1.29 is 14.6 Å². The van der Waals surface area contributed by atoms with Crippen LogP contribution in [0.3, 0.4) is 0 Å². The smallest absolute Gasteiger partial charge is 0.303 e. The van der Waals surface area contributed by atoms with Crippen LogP contribution in [0.1, 0.15) is 26.2 Å². The fraction of sp³-hybridized carbons (Fsp3) is 0.842. The van der Waals surface area contributed by atoms with E-state index in [-0.39, 0.29) is 0 Å². The number of carboxylic acid groups (broad SMARTS) is 1. The summed E-state index contributed by atoms with van der Waals surface area (Å²) in [6.07, 6.45) is 8.91. The highest BCUT2D eigenvalue weighted by Crippen LogP contribution is 2.72. The second kappa shape index (κ2) is 3.80. The molecule has 0 aromatic heterocycles. The maximum absolute atomic E-state index is 11.3. The van der Waals surface area contributed by atoms with E-state index in [1.54, 1.807) is 0 Å². The second-order valence-corrected chi connectivity index (χ2v) is 9.01. The molecular weight excluding hydrogens is 276 g/mol. The third-order valence-electron chi connectivity index (χ3n) is 8.70. The van der Waals surface area contributed by atoms with E-state index in [0.29, 0.717) is 42.3 Å². The zero-order chi connectivity index (χ0) is 14.7. The lowest BCUT2D eigenvalue weighted by molar-refractivity contribution is -0.139. The summed E-state index contributed by atoms with van der Waals surface area (Å²) in [6.45, 7) is 2.32. The highest BCUT2D eigenvalue weighted by molar-refractivity contribution is 5.67. The molecule has 22 heavy (non-hydrogen) atoms. The van der Waals surface area contributed by atoms with Gasteiger partial charge in [-0.15, -0.1) is 0 Å². The van der Waals surface area contributed by atoms with Gasteiger partial charge in [0, 0.05) is 6.42 Å². The van der Waals surface area contributed by atoms with Crippen LogP contribution in [-0.4, -0.2) is 23.3 Å². The summed E-state index contributed by atoms with van der Waals surface area (Å²) >= 11 is 0. The molecule has 3 nitrogen and oxygen atoms in total. The molecule has 1 N–H and O–H groups in total. The molecule has 12 unspecified atom stereocenters. The topological polar surface area (TPSA) is 46.5 Å². The molecule has 6 bridgehead atoms. The third-order valence-corrected chi connectivity index (χ3v) is 8.70. The Labute approximate surface area is 131 Å². The van der Waals surface area contributed by atoms with E-state index >= 15 is 0 Å². The Hall–Kier alpha value is -0.830. The molecule has 0 radical (unpaired) electrons. The second-order valence-electron chi connectivity index (χ2n) is 9.01. The van der Waals surface area contributed by atoms with E-state index in [4.69, 9.17) is 4.74 Å². The van der Waals surface area contributed by atoms with E-state index in [2.05, 4.69) is 19.1 Å². The number of rotatable bonds is 2. The van der Waals surface area contributed by atoms with Crippen molar-refractivity contribution in [1.29, 1.82) is 0 Å². The van der Waals surface area contributed by atoms with Gasteiger partial charge in [-0.25, -0.2) is 0 Å². The van der Waals surface area contributed by atoms with E-state index in [1.165, 1.54) is 12.8 Å². The Morgan fingerprint density at radius 3 is 2.32 bits per heavy atom. The zero-order valence-electron chi connectivity index (χ0n) is 13.0. The first-order valence-electron chi connectivity index (χ1n) is 9.20. The first kappa shape index (κ1) is 12.6. The number of allylic oxidation sites excluding steroid dienone is 2. The molecule has 0 spiro atoms. The molecule has 2 heterocycles. The Balaban J connectivity index is 1.37. The van der Waals surface area contributed by atoms with Crippen molar-refractivity contribution in [2.75, 3.05) is 0 Å². The number of hydrogen-bond acceptors (Lipinski definition) is 2. The predicted octanol–water partition coefficient (Wildman–Crippen LogP) is 2.81. The highest BCUT2D eigenvalue weighted by Gasteiger charge is 2.73. The maximum atomic E-state index is 11.3. The Kier molecular flexibility index (Phi) is 2.17. The largest absolute Gasteiger partial charge is 0.481 e. The molecule has 6 aliphatic rings. The van der Waals surface area contributed by atoms with Crippen molar-refractivity contribution in [2.24, 2.45) is 59.2 Å². The Morgan fingerprint density at radius 2 is 1.68 bits per heavy atom. The number of ether oxygens (including phenoxy) is 1. The minimum absolute atomic E-state index is 0.378. The third kappa shape index (κ3) is 1.22. The standard InChI is InChI=1S/C19H24O3/c1-7-10(6-13(20)21)12-5-11(7)16-17(12)19-15-9-3-2-8(4-9)14(15)18(16)22-19/h2-3,7-12,14-19H,4-6H2,1H3,(H,20,21). The lowest BCUT2D eigenvalue weighted by atomic mass is 9.57. The van der Waals surface area contributed by atoms with E-state index < -0.39 is 5.97 Å². The van der Waals surface area contributed by atoms with Crippen molar-refractivity contribution in [3.63, 3.8) is 0 Å². The van der Waals surface area contributed by atoms with E-state index in [9.17, 15) is 9.90 Å². The van der Waals surface area contributed by atoms with Crippen LogP contribution in [0.15, 0.2) is 12.2 Å². The average Bonchev–Trinajstić information content (AvgIpc) is 3.26. The SMILES string of the molecule is CC1C(CC(=O)O)C2CC1C1C3OC(C4C5C=CC(C5)C34)C21. The summed E-state index contributed by atoms with van der Waals surface area (Å²) in [4.78, 5) is 11.3. The van der Waals surface area contributed by atoms with Crippen LogP contribution in [-0.2, 0) is 9.53 Å². The molecule has 118 valence electrons. The number of fused-ring (bicyclic) bond motifs is 16. The van der Waals surface area contributed by atoms with Crippen molar-refractivity contribution in [2.45, 2.75) is 38.4 Å². The van der Waals surface area contributed by atoms with E-state index in [0.717, 1.165) is 35.5 Å². The molecule has 3 heteroatoms. The Bertz CT molecular complexity index is 583. The maximum Gasteiger partial charge on any atom is 0.303 e. The van der Waals surface area contributed by atoms with Gasteiger partial charge in [0.2, 0.25) is 0 Å². The van der Waals surface area contributed by atoms with Gasteiger partial charge in [-0.3, -0.25) is 4.79 Å². The molecule has 6 rings (SSSR count). The molecule has 0 amide bonds. The molecular formula is C19H24O3. The first-order valence-corrected chi connectivity index (χ1v) is 9.20. The van der Waals surface area contributed by atoms with Crippen LogP contribution in [0.5, 0.6) is 0 Å². The summed E-state index contributed by atoms with van der Waals surface area (Å²) < 4.78 is 6.58. The van der Waals surface area contributed by atoms with Crippen LogP contribution in [0.25, 0.3) is 0 Å². The summed E-state index contributed by atoms with van der Waals surface area (Å²) in [6, 6.07) is 0. The van der Waals surface area contributed by atoms with Crippen molar-refractivity contribution >= 4 is 5.97 Å². The van der Waals surface area contributed by atoms with Gasteiger partial charge in [0.05, 0.1) is 12.2 Å². The molecule has 2 saturated heterocycles.